The maximum absolute atomic E-state index is 14.1. The third kappa shape index (κ3) is 7.59. The number of rotatable bonds is 10. The lowest BCUT2D eigenvalue weighted by Gasteiger charge is -2.30. The van der Waals surface area contributed by atoms with Crippen LogP contribution in [0.3, 0.4) is 0 Å². The summed E-state index contributed by atoms with van der Waals surface area (Å²) in [6.07, 6.45) is 2.00. The number of aromatic nitrogens is 2. The van der Waals surface area contributed by atoms with E-state index in [-0.39, 0.29) is 29.5 Å². The molecule has 4 aromatic rings. The lowest BCUT2D eigenvalue weighted by Crippen LogP contribution is -2.34. The summed E-state index contributed by atoms with van der Waals surface area (Å²) in [6.45, 7) is 10.0. The van der Waals surface area contributed by atoms with E-state index in [1.165, 1.54) is 0 Å². The van der Waals surface area contributed by atoms with E-state index >= 15 is 0 Å². The molecule has 1 aliphatic heterocycles. The maximum Gasteiger partial charge on any atom is 0.324 e. The number of ether oxygens (including phenoxy) is 2. The van der Waals surface area contributed by atoms with Crippen molar-refractivity contribution >= 4 is 23.3 Å². The lowest BCUT2D eigenvalue weighted by atomic mass is 9.76. The number of benzene rings is 3. The van der Waals surface area contributed by atoms with Crippen molar-refractivity contribution in [3.05, 3.63) is 95.2 Å². The van der Waals surface area contributed by atoms with E-state index in [2.05, 4.69) is 36.7 Å². The van der Waals surface area contributed by atoms with E-state index in [0.29, 0.717) is 23.0 Å². The SMILES string of the molecule is COc1cccc(CC(=O)C(c2cccc(NC(=O)Nc3cc(C(C)(C)C)nn3-c3ccc(C)cc3)c2)C2CCNCC2)c1OC. The third-order valence-corrected chi connectivity index (χ3v) is 8.55. The number of nitrogens with zero attached hydrogens (tertiary/aromatic N) is 2. The van der Waals surface area contributed by atoms with Crippen LogP contribution in [-0.2, 0) is 16.6 Å². The predicted octanol–water partition coefficient (Wildman–Crippen LogP) is 7.03. The zero-order chi connectivity index (χ0) is 32.8. The molecule has 1 fully saturated rings. The van der Waals surface area contributed by atoms with E-state index in [1.54, 1.807) is 18.9 Å². The third-order valence-electron chi connectivity index (χ3n) is 8.55. The second kappa shape index (κ2) is 14.2. The molecule has 9 heteroatoms. The molecule has 0 saturated carbocycles. The second-order valence-corrected chi connectivity index (χ2v) is 13.0. The highest BCUT2D eigenvalue weighted by atomic mass is 16.5. The van der Waals surface area contributed by atoms with E-state index < -0.39 is 6.03 Å². The smallest absolute Gasteiger partial charge is 0.324 e. The molecule has 0 spiro atoms. The minimum Gasteiger partial charge on any atom is -0.493 e. The van der Waals surface area contributed by atoms with Gasteiger partial charge in [0.25, 0.3) is 0 Å². The van der Waals surface area contributed by atoms with E-state index in [0.717, 1.165) is 54.0 Å². The number of hydrogen-bond donors (Lipinski definition) is 3. The summed E-state index contributed by atoms with van der Waals surface area (Å²) in [5.74, 6) is 1.69. The number of aryl methyl sites for hydroxylation is 1. The Balaban J connectivity index is 1.39. The van der Waals surface area contributed by atoms with Crippen LogP contribution in [0.25, 0.3) is 5.69 Å². The van der Waals surface area contributed by atoms with E-state index in [9.17, 15) is 9.59 Å². The van der Waals surface area contributed by atoms with Crippen molar-refractivity contribution in [3.63, 3.8) is 0 Å². The number of carbonyl (C=O) groups is 2. The summed E-state index contributed by atoms with van der Waals surface area (Å²) in [6, 6.07) is 22.8. The van der Waals surface area contributed by atoms with Crippen LogP contribution in [0, 0.1) is 12.8 Å². The molecule has 2 heterocycles. The first-order valence-corrected chi connectivity index (χ1v) is 15.9. The zero-order valence-electron chi connectivity index (χ0n) is 27.6. The molecule has 1 atom stereocenters. The number of carbonyl (C=O) groups excluding carboxylic acids is 2. The van der Waals surface area contributed by atoms with Crippen LogP contribution in [-0.4, -0.2) is 48.9 Å². The van der Waals surface area contributed by atoms with E-state index in [4.69, 9.17) is 14.6 Å². The van der Waals surface area contributed by atoms with Gasteiger partial charge in [-0.05, 0) is 74.7 Å². The van der Waals surface area contributed by atoms with Gasteiger partial charge in [-0.3, -0.25) is 10.1 Å². The Labute approximate surface area is 271 Å². The highest BCUT2D eigenvalue weighted by Crippen LogP contribution is 2.37. The highest BCUT2D eigenvalue weighted by Gasteiger charge is 2.32. The van der Waals surface area contributed by atoms with Gasteiger partial charge < -0.3 is 20.1 Å². The molecular weight excluding hydrogens is 578 g/mol. The summed E-state index contributed by atoms with van der Waals surface area (Å²) >= 11 is 0. The first-order chi connectivity index (χ1) is 22.1. The topological polar surface area (TPSA) is 107 Å². The summed E-state index contributed by atoms with van der Waals surface area (Å²) in [4.78, 5) is 27.5. The largest absolute Gasteiger partial charge is 0.493 e. The van der Waals surface area contributed by atoms with Crippen molar-refractivity contribution in [1.29, 1.82) is 0 Å². The van der Waals surface area contributed by atoms with Gasteiger partial charge in [0, 0.05) is 35.1 Å². The van der Waals surface area contributed by atoms with E-state index in [1.807, 2.05) is 79.7 Å². The summed E-state index contributed by atoms with van der Waals surface area (Å²) in [7, 11) is 3.18. The predicted molar refractivity (Wildman–Crippen MR) is 183 cm³/mol. The fourth-order valence-electron chi connectivity index (χ4n) is 6.10. The molecule has 1 unspecified atom stereocenters. The molecule has 0 bridgehead atoms. The van der Waals surface area contributed by atoms with Crippen molar-refractivity contribution in [2.45, 2.75) is 58.3 Å². The number of piperidine rings is 1. The van der Waals surface area contributed by atoms with Gasteiger partial charge in [0.15, 0.2) is 11.5 Å². The zero-order valence-corrected chi connectivity index (χ0v) is 27.6. The first kappa shape index (κ1) is 32.8. The maximum atomic E-state index is 14.1. The van der Waals surface area contributed by atoms with Gasteiger partial charge in [0.05, 0.1) is 25.6 Å². The lowest BCUT2D eigenvalue weighted by molar-refractivity contribution is -0.121. The molecule has 3 N–H and O–H groups in total. The summed E-state index contributed by atoms with van der Waals surface area (Å²) in [5, 5.41) is 14.2. The molecule has 5 rings (SSSR count). The number of hydrogen-bond acceptors (Lipinski definition) is 6. The molecule has 1 aromatic heterocycles. The average Bonchev–Trinajstić information content (AvgIpc) is 3.46. The molecular formula is C37H45N5O4. The van der Waals surface area contributed by atoms with Crippen LogP contribution in [0.1, 0.15) is 61.9 Å². The van der Waals surface area contributed by atoms with Gasteiger partial charge in [0.2, 0.25) is 0 Å². The number of ketones is 1. The molecule has 1 aliphatic rings. The number of anilines is 2. The number of para-hydroxylation sites is 1. The fourth-order valence-corrected chi connectivity index (χ4v) is 6.10. The monoisotopic (exact) mass is 623 g/mol. The summed E-state index contributed by atoms with van der Waals surface area (Å²) in [5.41, 5.74) is 4.94. The van der Waals surface area contributed by atoms with Crippen LogP contribution in [0.2, 0.25) is 0 Å². The quantitative estimate of drug-likeness (QED) is 0.175. The van der Waals surface area contributed by atoms with Gasteiger partial charge in [-0.1, -0.05) is 62.7 Å². The number of nitrogens with one attached hydrogen (secondary N) is 3. The number of amides is 2. The Morgan fingerprint density at radius 3 is 2.35 bits per heavy atom. The molecule has 2 amide bonds. The van der Waals surface area contributed by atoms with Gasteiger partial charge >= 0.3 is 6.03 Å². The Morgan fingerprint density at radius 1 is 0.957 bits per heavy atom. The Kier molecular flexibility index (Phi) is 10.1. The van der Waals surface area contributed by atoms with Crippen molar-refractivity contribution in [3.8, 4) is 17.2 Å². The van der Waals surface area contributed by atoms with Crippen molar-refractivity contribution in [1.82, 2.24) is 15.1 Å². The number of methoxy groups -OCH3 is 2. The van der Waals surface area contributed by atoms with Gasteiger partial charge in [-0.2, -0.15) is 5.10 Å². The molecule has 1 saturated heterocycles. The van der Waals surface area contributed by atoms with Gasteiger partial charge in [-0.25, -0.2) is 9.48 Å². The minimum absolute atomic E-state index is 0.108. The van der Waals surface area contributed by atoms with Crippen LogP contribution < -0.4 is 25.4 Å². The number of Topliss-reactive ketones (excluding diaryl/α,β-unsaturated/α-hetero) is 1. The first-order valence-electron chi connectivity index (χ1n) is 15.9. The normalized spacial score (nSPS) is 14.4. The van der Waals surface area contributed by atoms with Crippen LogP contribution >= 0.6 is 0 Å². The standard InChI is InChI=1S/C37H45N5O4/c1-24-13-15-29(16-14-24)42-33(23-32(41-42)37(2,3)4)40-36(44)39-28-11-7-9-26(21-28)34(25-17-19-38-20-18-25)30(43)22-27-10-8-12-31(45-5)35(27)46-6/h7-16,21,23,25,34,38H,17-20,22H2,1-6H3,(H2,39,40,44). The Hall–Kier alpha value is -4.63. The Morgan fingerprint density at radius 2 is 1.67 bits per heavy atom. The fraction of sp³-hybridized carbons (Fsp3) is 0.378. The van der Waals surface area contributed by atoms with Gasteiger partial charge in [0.1, 0.15) is 11.6 Å². The second-order valence-electron chi connectivity index (χ2n) is 13.0. The van der Waals surface area contributed by atoms with Crippen molar-refractivity contribution in [2.24, 2.45) is 5.92 Å². The minimum atomic E-state index is -0.392. The molecule has 0 aliphatic carbocycles. The highest BCUT2D eigenvalue weighted by molar-refractivity contribution is 5.99. The Bertz CT molecular complexity index is 1670. The van der Waals surface area contributed by atoms with Crippen molar-refractivity contribution in [2.75, 3.05) is 37.9 Å². The van der Waals surface area contributed by atoms with Gasteiger partial charge in [-0.15, -0.1) is 0 Å². The number of urea groups is 1. The van der Waals surface area contributed by atoms with Crippen LogP contribution in [0.15, 0.2) is 72.8 Å². The van der Waals surface area contributed by atoms with Crippen LogP contribution in [0.5, 0.6) is 11.5 Å². The average molecular weight is 624 g/mol. The van der Waals surface area contributed by atoms with Crippen LogP contribution in [0.4, 0.5) is 16.3 Å². The molecule has 0 radical (unpaired) electrons. The summed E-state index contributed by atoms with van der Waals surface area (Å²) < 4.78 is 12.9. The van der Waals surface area contributed by atoms with Crippen molar-refractivity contribution < 1.29 is 19.1 Å². The molecule has 9 nitrogen and oxygen atoms in total. The molecule has 46 heavy (non-hydrogen) atoms. The molecule has 3 aromatic carbocycles. The molecule has 242 valence electrons.